The molecular formula is C13H17FN4O2PW+. The van der Waals surface area contributed by atoms with Crippen LogP contribution >= 0.6 is 5.78 Å². The fraction of sp³-hybridized carbons (Fsp3) is 0.538. The number of nitrogens with zero attached hydrogens (tertiary/aromatic N) is 3. The number of alkyl halides is 1. The van der Waals surface area contributed by atoms with Crippen molar-refractivity contribution in [1.29, 1.82) is 0 Å². The van der Waals surface area contributed by atoms with Crippen LogP contribution in [0.25, 0.3) is 11.2 Å². The summed E-state index contributed by atoms with van der Waals surface area (Å²) >= 11 is 1.41. The van der Waals surface area contributed by atoms with Gasteiger partial charge in [-0.25, -0.2) is 0 Å². The van der Waals surface area contributed by atoms with Gasteiger partial charge in [0.15, 0.2) is 0 Å². The number of fused-ring (bicyclic) bond motifs is 1. The zero-order chi connectivity index (χ0) is 15.9. The predicted octanol–water partition coefficient (Wildman–Crippen LogP) is 2.53. The maximum atomic E-state index is 15.0. The molecule has 1 unspecified atom stereocenters. The first-order chi connectivity index (χ1) is 10.4. The molecule has 22 heavy (non-hydrogen) atoms. The van der Waals surface area contributed by atoms with Crippen LogP contribution in [0.5, 0.6) is 0 Å². The summed E-state index contributed by atoms with van der Waals surface area (Å²) in [6, 6.07) is 1.67. The molecule has 0 amide bonds. The molecule has 0 radical (unpaired) electrons. The summed E-state index contributed by atoms with van der Waals surface area (Å²) < 4.78 is 28.1. The van der Waals surface area contributed by atoms with Gasteiger partial charge in [0.2, 0.25) is 0 Å². The van der Waals surface area contributed by atoms with E-state index in [0.29, 0.717) is 23.5 Å². The number of nitrogens with two attached hydrogens (primary N) is 1. The molecule has 1 aliphatic rings. The number of aromatic nitrogens is 3. The first kappa shape index (κ1) is 16.1. The van der Waals surface area contributed by atoms with E-state index in [2.05, 4.69) is 9.97 Å². The number of hydrogen-bond acceptors (Lipinski definition) is 5. The van der Waals surface area contributed by atoms with Crippen molar-refractivity contribution in [3.63, 3.8) is 0 Å². The van der Waals surface area contributed by atoms with Crippen LogP contribution in [-0.2, 0) is 28.1 Å². The summed E-state index contributed by atoms with van der Waals surface area (Å²) in [6.07, 6.45) is 2.38. The third-order valence-corrected chi connectivity index (χ3v) is 5.30. The molecule has 3 rings (SSSR count). The Bertz CT molecular complexity index is 723. The molecule has 6 nitrogen and oxygen atoms in total. The summed E-state index contributed by atoms with van der Waals surface area (Å²) in [6.45, 7) is 4.01. The van der Waals surface area contributed by atoms with Crippen molar-refractivity contribution in [2.45, 2.75) is 31.3 Å². The van der Waals surface area contributed by atoms with Crippen LogP contribution in [0.15, 0.2) is 18.6 Å². The second-order valence-corrected chi connectivity index (χ2v) is 12.2. The van der Waals surface area contributed by atoms with Crippen molar-refractivity contribution in [2.75, 3.05) is 19.0 Å². The van der Waals surface area contributed by atoms with E-state index in [0.717, 1.165) is 0 Å². The van der Waals surface area contributed by atoms with E-state index in [1.54, 1.807) is 23.8 Å². The molecule has 1 saturated heterocycles. The van der Waals surface area contributed by atoms with Gasteiger partial charge in [0.25, 0.3) is 0 Å². The van der Waals surface area contributed by atoms with Crippen LogP contribution in [0.1, 0.15) is 19.6 Å². The molecule has 9 heteroatoms. The third-order valence-electron chi connectivity index (χ3n) is 3.65. The van der Waals surface area contributed by atoms with Gasteiger partial charge in [0, 0.05) is 0 Å². The van der Waals surface area contributed by atoms with Gasteiger partial charge in [-0.2, -0.15) is 0 Å². The van der Waals surface area contributed by atoms with Gasteiger partial charge in [0.1, 0.15) is 0 Å². The number of anilines is 1. The third kappa shape index (κ3) is 3.00. The van der Waals surface area contributed by atoms with E-state index < -0.39 is 17.7 Å². The Morgan fingerprint density at radius 2 is 2.41 bits per heavy atom. The summed E-state index contributed by atoms with van der Waals surface area (Å²) in [7, 11) is 0. The van der Waals surface area contributed by atoms with Gasteiger partial charge in [-0.3, -0.25) is 0 Å². The van der Waals surface area contributed by atoms with Gasteiger partial charge in [0.05, 0.1) is 0 Å². The quantitative estimate of drug-likeness (QED) is 0.661. The normalized spacial score (nSPS) is 29.1. The molecule has 0 aromatic carbocycles. The average molecular weight is 495 g/mol. The second kappa shape index (κ2) is 6.04. The Labute approximate surface area is 138 Å². The van der Waals surface area contributed by atoms with Gasteiger partial charge in [-0.05, 0) is 0 Å². The topological polar surface area (TPSA) is 75.2 Å². The molecule has 0 aliphatic carbocycles. The van der Waals surface area contributed by atoms with Crippen LogP contribution in [0.4, 0.5) is 10.1 Å². The van der Waals surface area contributed by atoms with Gasteiger partial charge < -0.3 is 0 Å². The van der Waals surface area contributed by atoms with Crippen LogP contribution < -0.4 is 5.73 Å². The first-order valence-electron chi connectivity index (χ1n) is 6.83. The molecule has 1 aliphatic heterocycles. The standard InChI is InChI=1S/C13H17FN4O2P.W/c1-13(14)5-8(6-19-21-2)20-12(13)18-7-17-10-9(15)3-4-16-11(10)18;/h3-4,7-8,12H,5-6H2,1-2H3,(H2,15,16);/q-1;+2/t8-,12+,13+;/m0./s1. The summed E-state index contributed by atoms with van der Waals surface area (Å²) in [5.74, 6) is -0.406. The maximum absolute atomic E-state index is 15.0. The monoisotopic (exact) mass is 495 g/mol. The van der Waals surface area contributed by atoms with E-state index in [1.165, 1.54) is 25.1 Å². The number of imidazole rings is 1. The number of pyridine rings is 1. The van der Waals surface area contributed by atoms with E-state index in [-0.39, 0.29) is 12.5 Å². The molecule has 118 valence electrons. The Balaban J connectivity index is 1.89. The zero-order valence-electron chi connectivity index (χ0n) is 12.3. The van der Waals surface area contributed by atoms with E-state index >= 15 is 0 Å². The molecule has 1 fully saturated rings. The number of rotatable bonds is 4. The summed E-state index contributed by atoms with van der Waals surface area (Å²) in [4.78, 5) is 8.49. The zero-order valence-corrected chi connectivity index (χ0v) is 16.1. The molecular weight excluding hydrogens is 478 g/mol. The van der Waals surface area contributed by atoms with Gasteiger partial charge in [-0.1, -0.05) is 0 Å². The van der Waals surface area contributed by atoms with Gasteiger partial charge in [-0.15, -0.1) is 0 Å². The fourth-order valence-electron chi connectivity index (χ4n) is 2.68. The second-order valence-electron chi connectivity index (χ2n) is 5.55. The Morgan fingerprint density at radius 1 is 1.64 bits per heavy atom. The summed E-state index contributed by atoms with van der Waals surface area (Å²) in [5, 5.41) is 0. The molecule has 3 heterocycles. The minimum atomic E-state index is -1.51. The number of nitrogen functional groups attached to an aromatic ring is 1. The SMILES string of the molecule is C[P+](=[W])OC[C@@H]1C[C@@](C)(F)[C@H](n2cnc3c(N)ccnc32)O1. The van der Waals surface area contributed by atoms with E-state index in [4.69, 9.17) is 15.0 Å². The molecule has 0 saturated carbocycles. The van der Waals surface area contributed by atoms with E-state index in [9.17, 15) is 4.39 Å². The van der Waals surface area contributed by atoms with Crippen molar-refractivity contribution in [1.82, 2.24) is 14.5 Å². The molecule has 2 aromatic rings. The van der Waals surface area contributed by atoms with Gasteiger partial charge >= 0.3 is 139 Å². The molecule has 2 aromatic heterocycles. The Morgan fingerprint density at radius 3 is 3.14 bits per heavy atom. The van der Waals surface area contributed by atoms with Crippen LogP contribution in [0.3, 0.4) is 0 Å². The average Bonchev–Trinajstić information content (AvgIpc) is 2.98. The van der Waals surface area contributed by atoms with Crippen molar-refractivity contribution in [3.8, 4) is 0 Å². The molecule has 2 N–H and O–H groups in total. The van der Waals surface area contributed by atoms with Crippen molar-refractivity contribution in [3.05, 3.63) is 18.6 Å². The van der Waals surface area contributed by atoms with Crippen LogP contribution in [-0.4, -0.2) is 39.6 Å². The van der Waals surface area contributed by atoms with Crippen molar-refractivity contribution in [2.24, 2.45) is 0 Å². The fourth-order valence-corrected chi connectivity index (χ4v) is 3.72. The number of ether oxygens (including phenoxy) is 1. The Hall–Kier alpha value is -0.742. The van der Waals surface area contributed by atoms with Crippen LogP contribution in [0, 0.1) is 0 Å². The van der Waals surface area contributed by atoms with E-state index in [1.807, 2.05) is 6.66 Å². The minimum absolute atomic E-state index is 0.261. The van der Waals surface area contributed by atoms with Crippen molar-refractivity contribution < 1.29 is 32.5 Å². The first-order valence-corrected chi connectivity index (χ1v) is 12.4. The Kier molecular flexibility index (Phi) is 4.43. The predicted molar refractivity (Wildman–Crippen MR) is 78.8 cm³/mol. The summed E-state index contributed by atoms with van der Waals surface area (Å²) in [5.41, 5.74) is 5.99. The molecule has 4 atom stereocenters. The number of hydrogen-bond donors (Lipinski definition) is 1. The molecule has 0 spiro atoms. The van der Waals surface area contributed by atoms with Crippen LogP contribution in [0.2, 0.25) is 0 Å². The molecule has 0 bridgehead atoms. The number of halogens is 1. The van der Waals surface area contributed by atoms with Crippen molar-refractivity contribution >= 4 is 22.6 Å².